The smallest absolute Gasteiger partial charge is 0.416 e. The van der Waals surface area contributed by atoms with Crippen LogP contribution < -0.4 is 4.74 Å². The quantitative estimate of drug-likeness (QED) is 0.630. The van der Waals surface area contributed by atoms with Crippen LogP contribution in [0.3, 0.4) is 0 Å². The van der Waals surface area contributed by atoms with E-state index < -0.39 is 23.4 Å². The van der Waals surface area contributed by atoms with Crippen molar-refractivity contribution >= 4 is 29.6 Å². The first-order valence-corrected chi connectivity index (χ1v) is 10.6. The van der Waals surface area contributed by atoms with E-state index in [1.807, 2.05) is 0 Å². The maximum Gasteiger partial charge on any atom is 0.416 e. The first-order chi connectivity index (χ1) is 15.2. The molecule has 170 valence electrons. The maximum atomic E-state index is 13.9. The molecule has 1 unspecified atom stereocenters. The highest BCUT2D eigenvalue weighted by Gasteiger charge is 2.52. The normalized spacial score (nSPS) is 17.4. The molecule has 1 atom stereocenters. The number of aliphatic carboxylic acids is 1. The molecular weight excluding hydrogens is 439 g/mol. The van der Waals surface area contributed by atoms with Crippen molar-refractivity contribution in [2.24, 2.45) is 0 Å². The number of amides is 2. The third-order valence-corrected chi connectivity index (χ3v) is 5.78. The Morgan fingerprint density at radius 3 is 2.47 bits per heavy atom. The van der Waals surface area contributed by atoms with Gasteiger partial charge in [0.2, 0.25) is 5.91 Å². The number of carbonyl (C=O) groups excluding carboxylic acids is 2. The van der Waals surface area contributed by atoms with Gasteiger partial charge in [-0.05, 0) is 49.6 Å². The summed E-state index contributed by atoms with van der Waals surface area (Å²) in [7, 11) is 0. The average molecular weight is 463 g/mol. The lowest BCUT2D eigenvalue weighted by atomic mass is 9.85. The molecule has 2 aromatic carbocycles. The molecule has 7 nitrogen and oxygen atoms in total. The Labute approximate surface area is 190 Å². The van der Waals surface area contributed by atoms with E-state index in [2.05, 4.69) is 0 Å². The van der Waals surface area contributed by atoms with Crippen LogP contribution in [0.15, 0.2) is 48.5 Å². The van der Waals surface area contributed by atoms with E-state index in [0.717, 1.165) is 5.56 Å². The van der Waals surface area contributed by atoms with Gasteiger partial charge in [0.25, 0.3) is 0 Å². The number of carbonyl (C=O) groups is 3. The highest BCUT2D eigenvalue weighted by molar-refractivity contribution is 6.30. The zero-order valence-electron chi connectivity index (χ0n) is 17.6. The third-order valence-electron chi connectivity index (χ3n) is 5.53. The molecular formula is C23H24ClFN2O5. The van der Waals surface area contributed by atoms with Crippen LogP contribution in [-0.2, 0) is 16.1 Å². The van der Waals surface area contributed by atoms with Gasteiger partial charge in [-0.2, -0.15) is 0 Å². The number of benzene rings is 2. The highest BCUT2D eigenvalue weighted by atomic mass is 35.5. The van der Waals surface area contributed by atoms with Gasteiger partial charge in [-0.15, -0.1) is 0 Å². The lowest BCUT2D eigenvalue weighted by Crippen LogP contribution is -2.68. The Hall–Kier alpha value is -3.13. The van der Waals surface area contributed by atoms with E-state index in [1.54, 1.807) is 37.3 Å². The summed E-state index contributed by atoms with van der Waals surface area (Å²) >= 11 is 5.93. The van der Waals surface area contributed by atoms with Crippen molar-refractivity contribution in [3.8, 4) is 5.75 Å². The second-order valence-corrected chi connectivity index (χ2v) is 8.26. The van der Waals surface area contributed by atoms with Gasteiger partial charge in [0.1, 0.15) is 5.54 Å². The van der Waals surface area contributed by atoms with Crippen molar-refractivity contribution in [3.05, 3.63) is 64.9 Å². The fourth-order valence-corrected chi connectivity index (χ4v) is 3.70. The molecule has 0 radical (unpaired) electrons. The van der Waals surface area contributed by atoms with Crippen LogP contribution in [-0.4, -0.2) is 51.5 Å². The molecule has 1 fully saturated rings. The zero-order chi connectivity index (χ0) is 23.3. The largest absolute Gasteiger partial charge is 0.481 e. The number of carboxylic acids is 1. The number of hydrogen-bond donors (Lipinski definition) is 1. The minimum atomic E-state index is -1.17. The molecule has 1 saturated heterocycles. The van der Waals surface area contributed by atoms with Gasteiger partial charge in [0, 0.05) is 31.1 Å². The molecule has 0 aliphatic carbocycles. The van der Waals surface area contributed by atoms with Crippen molar-refractivity contribution < 1.29 is 28.6 Å². The minimum Gasteiger partial charge on any atom is -0.481 e. The van der Waals surface area contributed by atoms with Gasteiger partial charge >= 0.3 is 12.1 Å². The van der Waals surface area contributed by atoms with Crippen LogP contribution in [0, 0.1) is 5.82 Å². The topological polar surface area (TPSA) is 87.2 Å². The van der Waals surface area contributed by atoms with Gasteiger partial charge in [-0.3, -0.25) is 14.5 Å². The fraction of sp³-hybridized carbons (Fsp3) is 0.348. The standard InChI is InChI=1S/C23H24ClFN2O5/c1-23(12-14-27(23)22(31)32-19-6-3-2-5-18(19)25)21(30)26(13-4-7-20(28)29)15-16-8-10-17(24)11-9-16/h2-3,5-6,8-11H,4,7,12-15H2,1H3,(H,28,29). The summed E-state index contributed by atoms with van der Waals surface area (Å²) in [5.41, 5.74) is -0.348. The average Bonchev–Trinajstić information content (AvgIpc) is 2.74. The number of nitrogens with zero attached hydrogens (tertiary/aromatic N) is 2. The molecule has 1 N–H and O–H groups in total. The number of para-hydroxylation sites is 1. The van der Waals surface area contributed by atoms with Crippen LogP contribution in [0.4, 0.5) is 9.18 Å². The summed E-state index contributed by atoms with van der Waals surface area (Å²) in [5, 5.41) is 9.52. The highest BCUT2D eigenvalue weighted by Crippen LogP contribution is 2.34. The molecule has 1 heterocycles. The van der Waals surface area contributed by atoms with Crippen LogP contribution in [0.5, 0.6) is 5.75 Å². The number of likely N-dealkylation sites (tertiary alicyclic amines) is 1. The molecule has 1 aliphatic rings. The number of hydrogen-bond acceptors (Lipinski definition) is 4. The van der Waals surface area contributed by atoms with Gasteiger partial charge < -0.3 is 14.7 Å². The van der Waals surface area contributed by atoms with Crippen LogP contribution in [0.1, 0.15) is 31.7 Å². The summed E-state index contributed by atoms with van der Waals surface area (Å²) in [6.07, 6.45) is -0.215. The molecule has 32 heavy (non-hydrogen) atoms. The zero-order valence-corrected chi connectivity index (χ0v) is 18.3. The molecule has 0 aromatic heterocycles. The number of halogens is 2. The van der Waals surface area contributed by atoms with Crippen molar-refractivity contribution in [2.45, 2.75) is 38.3 Å². The van der Waals surface area contributed by atoms with E-state index in [-0.39, 0.29) is 37.6 Å². The van der Waals surface area contributed by atoms with Crippen molar-refractivity contribution in [1.82, 2.24) is 9.80 Å². The first-order valence-electron chi connectivity index (χ1n) is 10.2. The maximum absolute atomic E-state index is 13.9. The van der Waals surface area contributed by atoms with E-state index in [0.29, 0.717) is 18.0 Å². The summed E-state index contributed by atoms with van der Waals surface area (Å²) in [5.74, 6) is -2.16. The van der Waals surface area contributed by atoms with Gasteiger partial charge in [0.05, 0.1) is 0 Å². The molecule has 2 aromatic rings. The van der Waals surface area contributed by atoms with E-state index in [4.69, 9.17) is 21.4 Å². The predicted molar refractivity (Wildman–Crippen MR) is 116 cm³/mol. The Balaban J connectivity index is 1.75. The van der Waals surface area contributed by atoms with Crippen molar-refractivity contribution in [1.29, 1.82) is 0 Å². The SMILES string of the molecule is CC1(C(=O)N(CCCC(=O)O)Cc2ccc(Cl)cc2)CCN1C(=O)Oc1ccccc1F. The monoisotopic (exact) mass is 462 g/mol. The van der Waals surface area contributed by atoms with Crippen LogP contribution in [0.25, 0.3) is 0 Å². The third kappa shape index (κ3) is 5.37. The van der Waals surface area contributed by atoms with Gasteiger partial charge in [-0.1, -0.05) is 35.9 Å². The molecule has 2 amide bonds. The summed E-state index contributed by atoms with van der Waals surface area (Å²) in [6.45, 7) is 2.37. The second kappa shape index (κ2) is 9.99. The van der Waals surface area contributed by atoms with Crippen molar-refractivity contribution in [3.63, 3.8) is 0 Å². The number of rotatable bonds is 8. The predicted octanol–water partition coefficient (Wildman–Crippen LogP) is 4.34. The van der Waals surface area contributed by atoms with Crippen LogP contribution in [0.2, 0.25) is 5.02 Å². The molecule has 1 aliphatic heterocycles. The fourth-order valence-electron chi connectivity index (χ4n) is 3.58. The Morgan fingerprint density at radius 2 is 1.88 bits per heavy atom. The number of carboxylic acid groups (broad SMARTS) is 1. The van der Waals surface area contributed by atoms with E-state index in [9.17, 15) is 18.8 Å². The first kappa shape index (κ1) is 23.5. The minimum absolute atomic E-state index is 0.0832. The summed E-state index contributed by atoms with van der Waals surface area (Å²) in [4.78, 5) is 39.9. The lowest BCUT2D eigenvalue weighted by molar-refractivity contribution is -0.150. The summed E-state index contributed by atoms with van der Waals surface area (Å²) in [6, 6.07) is 12.5. The molecule has 9 heteroatoms. The van der Waals surface area contributed by atoms with Crippen molar-refractivity contribution in [2.75, 3.05) is 13.1 Å². The second-order valence-electron chi connectivity index (χ2n) is 7.82. The summed E-state index contributed by atoms with van der Waals surface area (Å²) < 4.78 is 19.0. The Morgan fingerprint density at radius 1 is 1.19 bits per heavy atom. The Kier molecular flexibility index (Phi) is 7.35. The van der Waals surface area contributed by atoms with Gasteiger partial charge in [0.15, 0.2) is 11.6 Å². The molecule has 0 saturated carbocycles. The number of ether oxygens (including phenoxy) is 1. The molecule has 3 rings (SSSR count). The van der Waals surface area contributed by atoms with Gasteiger partial charge in [-0.25, -0.2) is 9.18 Å². The molecule has 0 bridgehead atoms. The lowest BCUT2D eigenvalue weighted by Gasteiger charge is -2.49. The van der Waals surface area contributed by atoms with Crippen LogP contribution >= 0.6 is 11.6 Å². The van der Waals surface area contributed by atoms with E-state index in [1.165, 1.54) is 28.0 Å². The molecule has 0 spiro atoms. The Bertz CT molecular complexity index is 1000. The van der Waals surface area contributed by atoms with E-state index >= 15 is 0 Å².